The van der Waals surface area contributed by atoms with Crippen LogP contribution in [0.4, 0.5) is 0 Å². The number of benzene rings is 1. The fourth-order valence-electron chi connectivity index (χ4n) is 2.92. The number of allylic oxidation sites excluding steroid dienone is 11. The number of hydrogen-bond acceptors (Lipinski definition) is 2. The van der Waals surface area contributed by atoms with Crippen molar-refractivity contribution in [3.63, 3.8) is 0 Å². The van der Waals surface area contributed by atoms with Gasteiger partial charge in [-0.05, 0) is 36.1 Å². The Labute approximate surface area is 183 Å². The second kappa shape index (κ2) is 9.90. The number of aromatic nitrogens is 1. The molecule has 1 aliphatic rings. The highest BCUT2D eigenvalue weighted by molar-refractivity contribution is 9.11. The third kappa shape index (κ3) is 5.24. The highest BCUT2D eigenvalue weighted by atomic mass is 79.9. The lowest BCUT2D eigenvalue weighted by Crippen LogP contribution is -2.27. The van der Waals surface area contributed by atoms with Gasteiger partial charge in [-0.1, -0.05) is 99.2 Å². The molecule has 140 valence electrons. The molecule has 0 fully saturated rings. The van der Waals surface area contributed by atoms with Crippen molar-refractivity contribution in [1.82, 2.24) is 4.98 Å². The van der Waals surface area contributed by atoms with Crippen LogP contribution in [-0.4, -0.2) is 16.7 Å². The molecule has 1 aliphatic carbocycles. The number of para-hydroxylation sites is 1. The largest absolute Gasteiger partial charge is 0.550 e. The van der Waals surface area contributed by atoms with Crippen molar-refractivity contribution >= 4 is 49.7 Å². The highest BCUT2D eigenvalue weighted by Gasteiger charge is 2.26. The van der Waals surface area contributed by atoms with E-state index in [0.29, 0.717) is 0 Å². The molecular formula is C23H20BBr2NO. The van der Waals surface area contributed by atoms with Gasteiger partial charge in [-0.15, -0.1) is 0 Å². The normalized spacial score (nSPS) is 16.9. The summed E-state index contributed by atoms with van der Waals surface area (Å²) in [6.07, 6.45) is 18.2. The molecule has 2 aromatic rings. The first-order valence-corrected chi connectivity index (χ1v) is 10.7. The standard InChI is InChI=1S/C23H20BBr2NO/c1-3-19(13-12-17(2)25)24(20-9-5-10-21(26)15-14-20)28-22-11-4-7-18-8-6-16-27-23(18)22/h3-16,21H,2H2,1H3/b13-12-,19-3+. The van der Waals surface area contributed by atoms with Gasteiger partial charge in [0.1, 0.15) is 11.3 Å². The lowest BCUT2D eigenvalue weighted by atomic mass is 9.53. The van der Waals surface area contributed by atoms with Crippen LogP contribution in [0.5, 0.6) is 5.75 Å². The molecule has 0 saturated carbocycles. The van der Waals surface area contributed by atoms with Crippen LogP contribution in [0.1, 0.15) is 6.92 Å². The van der Waals surface area contributed by atoms with Crippen LogP contribution in [0.15, 0.2) is 107 Å². The molecule has 0 saturated heterocycles. The van der Waals surface area contributed by atoms with Crippen molar-refractivity contribution in [3.8, 4) is 5.75 Å². The first kappa shape index (κ1) is 20.6. The van der Waals surface area contributed by atoms with Gasteiger partial charge in [-0.2, -0.15) is 0 Å². The summed E-state index contributed by atoms with van der Waals surface area (Å²) >= 11 is 7.01. The van der Waals surface area contributed by atoms with Gasteiger partial charge in [0.15, 0.2) is 0 Å². The summed E-state index contributed by atoms with van der Waals surface area (Å²) in [5, 5.41) is 1.05. The molecular weight excluding hydrogens is 477 g/mol. The van der Waals surface area contributed by atoms with Crippen LogP contribution in [0, 0.1) is 0 Å². The van der Waals surface area contributed by atoms with Crippen molar-refractivity contribution in [2.45, 2.75) is 11.8 Å². The Kier molecular flexibility index (Phi) is 7.29. The topological polar surface area (TPSA) is 22.1 Å². The number of hydrogen-bond donors (Lipinski definition) is 0. The fourth-order valence-corrected chi connectivity index (χ4v) is 3.38. The summed E-state index contributed by atoms with van der Waals surface area (Å²) in [4.78, 5) is 4.73. The number of fused-ring (bicyclic) bond motifs is 1. The van der Waals surface area contributed by atoms with Crippen LogP contribution in [-0.2, 0) is 0 Å². The predicted octanol–water partition coefficient (Wildman–Crippen LogP) is 6.91. The predicted molar refractivity (Wildman–Crippen MR) is 128 cm³/mol. The minimum absolute atomic E-state index is 0.202. The van der Waals surface area contributed by atoms with E-state index >= 15 is 0 Å². The summed E-state index contributed by atoms with van der Waals surface area (Å²) in [5.74, 6) is 0.756. The van der Waals surface area contributed by atoms with Gasteiger partial charge >= 0.3 is 6.92 Å². The molecule has 2 nitrogen and oxygen atoms in total. The van der Waals surface area contributed by atoms with E-state index in [0.717, 1.165) is 32.1 Å². The molecule has 0 aliphatic heterocycles. The van der Waals surface area contributed by atoms with E-state index in [4.69, 9.17) is 4.65 Å². The molecule has 1 atom stereocenters. The lowest BCUT2D eigenvalue weighted by molar-refractivity contribution is 0.590. The number of alkyl halides is 1. The van der Waals surface area contributed by atoms with Crippen molar-refractivity contribution in [3.05, 3.63) is 107 Å². The highest BCUT2D eigenvalue weighted by Crippen LogP contribution is 2.28. The zero-order valence-corrected chi connectivity index (χ0v) is 18.7. The zero-order valence-electron chi connectivity index (χ0n) is 15.6. The van der Waals surface area contributed by atoms with Gasteiger partial charge in [0.05, 0.1) is 4.83 Å². The molecule has 0 radical (unpaired) electrons. The molecule has 1 heterocycles. The average molecular weight is 497 g/mol. The smallest absolute Gasteiger partial charge is 0.426 e. The quantitative estimate of drug-likeness (QED) is 0.246. The van der Waals surface area contributed by atoms with Crippen LogP contribution in [0.2, 0.25) is 0 Å². The van der Waals surface area contributed by atoms with E-state index < -0.39 is 0 Å². The summed E-state index contributed by atoms with van der Waals surface area (Å²) in [6, 6.07) is 9.97. The van der Waals surface area contributed by atoms with Crippen molar-refractivity contribution in [2.24, 2.45) is 0 Å². The van der Waals surface area contributed by atoms with E-state index in [-0.39, 0.29) is 11.7 Å². The van der Waals surface area contributed by atoms with Gasteiger partial charge in [0.2, 0.25) is 0 Å². The van der Waals surface area contributed by atoms with E-state index in [1.807, 2.05) is 55.5 Å². The molecule has 0 amide bonds. The van der Waals surface area contributed by atoms with Crippen molar-refractivity contribution < 1.29 is 4.65 Å². The summed E-state index contributed by atoms with van der Waals surface area (Å²) in [6.45, 7) is 5.62. The molecule has 5 heteroatoms. The van der Waals surface area contributed by atoms with Crippen LogP contribution in [0.3, 0.4) is 0 Å². The van der Waals surface area contributed by atoms with Gasteiger partial charge < -0.3 is 4.65 Å². The Morgan fingerprint density at radius 3 is 2.82 bits per heavy atom. The second-order valence-corrected chi connectivity index (χ2v) is 8.33. The third-order valence-electron chi connectivity index (χ3n) is 4.29. The first-order valence-electron chi connectivity index (χ1n) is 8.98. The van der Waals surface area contributed by atoms with Crippen molar-refractivity contribution in [1.29, 1.82) is 0 Å². The Balaban J connectivity index is 2.05. The van der Waals surface area contributed by atoms with E-state index in [9.17, 15) is 0 Å². The minimum atomic E-state index is -0.278. The summed E-state index contributed by atoms with van der Waals surface area (Å²) < 4.78 is 7.36. The van der Waals surface area contributed by atoms with Crippen LogP contribution < -0.4 is 4.65 Å². The zero-order chi connectivity index (χ0) is 19.9. The number of halogens is 2. The monoisotopic (exact) mass is 495 g/mol. The molecule has 1 aromatic carbocycles. The molecule has 0 spiro atoms. The second-order valence-electron chi connectivity index (χ2n) is 6.25. The maximum Gasteiger partial charge on any atom is 0.426 e. The van der Waals surface area contributed by atoms with Gasteiger partial charge in [0, 0.05) is 16.1 Å². The van der Waals surface area contributed by atoms with Crippen molar-refractivity contribution in [2.75, 3.05) is 0 Å². The van der Waals surface area contributed by atoms with Crippen LogP contribution >= 0.6 is 31.9 Å². The van der Waals surface area contributed by atoms with E-state index in [1.165, 1.54) is 0 Å². The summed E-state index contributed by atoms with van der Waals surface area (Å²) in [5.41, 5.74) is 2.95. The Bertz CT molecular complexity index is 1010. The van der Waals surface area contributed by atoms with Gasteiger partial charge in [-0.25, -0.2) is 0 Å². The maximum atomic E-state index is 6.55. The maximum absolute atomic E-state index is 6.55. The van der Waals surface area contributed by atoms with Gasteiger partial charge in [0.25, 0.3) is 0 Å². The first-order chi connectivity index (χ1) is 13.6. The Morgan fingerprint density at radius 1 is 1.21 bits per heavy atom. The fraction of sp³-hybridized carbons (Fsp3) is 0.0870. The molecule has 1 aromatic heterocycles. The minimum Gasteiger partial charge on any atom is -0.550 e. The number of pyridine rings is 1. The molecule has 0 bridgehead atoms. The van der Waals surface area contributed by atoms with Crippen LogP contribution in [0.25, 0.3) is 10.9 Å². The average Bonchev–Trinajstić information content (AvgIpc) is 2.92. The summed E-state index contributed by atoms with van der Waals surface area (Å²) in [7, 11) is 0. The SMILES string of the molecule is C=C(Br)/C=C\C(=C/C)B(Oc1cccc2cccnc12)C1=CC=CC(Br)C=C1. The molecule has 28 heavy (non-hydrogen) atoms. The van der Waals surface area contributed by atoms with Gasteiger partial charge in [-0.3, -0.25) is 4.98 Å². The number of rotatable bonds is 6. The van der Waals surface area contributed by atoms with E-state index in [1.54, 1.807) is 6.20 Å². The molecule has 0 N–H and O–H groups in total. The third-order valence-corrected chi connectivity index (χ3v) is 5.17. The Morgan fingerprint density at radius 2 is 2.04 bits per heavy atom. The molecule has 1 unspecified atom stereocenters. The Hall–Kier alpha value is -2.11. The lowest BCUT2D eigenvalue weighted by Gasteiger charge is -2.19. The van der Waals surface area contributed by atoms with E-state index in [2.05, 4.69) is 73.8 Å². The molecule has 3 rings (SSSR count). The number of nitrogens with zero attached hydrogens (tertiary/aromatic N) is 1.